The number of rotatable bonds is 5. The van der Waals surface area contributed by atoms with Gasteiger partial charge in [0.2, 0.25) is 0 Å². The van der Waals surface area contributed by atoms with Gasteiger partial charge in [-0.1, -0.05) is 12.6 Å². The number of furan rings is 1. The number of halogens is 1. The minimum Gasteiger partial charge on any atom is -0.465 e. The Kier molecular flexibility index (Phi) is 4.34. The van der Waals surface area contributed by atoms with E-state index >= 15 is 0 Å². The second kappa shape index (κ2) is 6.38. The van der Waals surface area contributed by atoms with Gasteiger partial charge in [0.1, 0.15) is 11.6 Å². The van der Waals surface area contributed by atoms with Gasteiger partial charge in [-0.3, -0.25) is 15.6 Å². The van der Waals surface area contributed by atoms with Crippen LogP contribution in [0.15, 0.2) is 65.4 Å². The highest BCUT2D eigenvalue weighted by atomic mass is 19.1. The van der Waals surface area contributed by atoms with E-state index in [-0.39, 0.29) is 5.56 Å². The highest BCUT2D eigenvalue weighted by Crippen LogP contribution is 2.04. The fourth-order valence-electron chi connectivity index (χ4n) is 1.45. The molecule has 0 spiro atoms. The molecule has 4 nitrogen and oxygen atoms in total. The molecule has 1 heterocycles. The van der Waals surface area contributed by atoms with Crippen LogP contribution in [0.1, 0.15) is 16.1 Å². The molecule has 0 aliphatic carbocycles. The van der Waals surface area contributed by atoms with E-state index in [2.05, 4.69) is 17.4 Å². The molecule has 0 bridgehead atoms. The lowest BCUT2D eigenvalue weighted by molar-refractivity contribution is 0.0939. The van der Waals surface area contributed by atoms with Gasteiger partial charge >= 0.3 is 0 Å². The second-order valence-corrected chi connectivity index (χ2v) is 3.96. The van der Waals surface area contributed by atoms with E-state index in [0.29, 0.717) is 11.5 Å². The van der Waals surface area contributed by atoms with Crippen LogP contribution in [0.2, 0.25) is 0 Å². The minimum absolute atomic E-state index is 0.223. The van der Waals surface area contributed by atoms with Crippen molar-refractivity contribution in [3.05, 3.63) is 78.2 Å². The van der Waals surface area contributed by atoms with E-state index < -0.39 is 11.7 Å². The number of hydrazine groups is 1. The Labute approximate surface area is 115 Å². The molecule has 0 atom stereocenters. The number of hydrogen-bond acceptors (Lipinski definition) is 3. The quantitative estimate of drug-likeness (QED) is 0.650. The molecule has 2 aromatic rings. The Hall–Kier alpha value is -2.82. The number of allylic oxidation sites excluding steroid dienone is 1. The number of nitrogens with one attached hydrogen (secondary N) is 2. The highest BCUT2D eigenvalue weighted by molar-refractivity contribution is 5.93. The summed E-state index contributed by atoms with van der Waals surface area (Å²) < 4.78 is 18.1. The van der Waals surface area contributed by atoms with Gasteiger partial charge in [0.25, 0.3) is 5.91 Å². The van der Waals surface area contributed by atoms with Crippen molar-refractivity contribution < 1.29 is 13.6 Å². The SMILES string of the molecule is C=C(C=Cc1ccco1)NNC(=O)c1cccc(F)c1. The van der Waals surface area contributed by atoms with Gasteiger partial charge in [0.15, 0.2) is 0 Å². The summed E-state index contributed by atoms with van der Waals surface area (Å²) in [7, 11) is 0. The van der Waals surface area contributed by atoms with Crippen molar-refractivity contribution in [2.75, 3.05) is 0 Å². The molecule has 0 fully saturated rings. The standard InChI is InChI=1S/C15H13FN2O2/c1-11(7-8-14-6-3-9-20-14)17-18-15(19)12-4-2-5-13(16)10-12/h2-10,17H,1H2,(H,18,19). The average Bonchev–Trinajstić information content (AvgIpc) is 2.95. The number of amides is 1. The maximum atomic E-state index is 13.0. The Morgan fingerprint density at radius 3 is 2.80 bits per heavy atom. The van der Waals surface area contributed by atoms with Crippen LogP contribution >= 0.6 is 0 Å². The van der Waals surface area contributed by atoms with Gasteiger partial charge in [-0.25, -0.2) is 4.39 Å². The van der Waals surface area contributed by atoms with Crippen molar-refractivity contribution in [1.82, 2.24) is 10.9 Å². The molecule has 0 aliphatic rings. The van der Waals surface area contributed by atoms with Gasteiger partial charge in [0, 0.05) is 11.3 Å². The molecule has 5 heteroatoms. The van der Waals surface area contributed by atoms with E-state index in [0.717, 1.165) is 6.07 Å². The van der Waals surface area contributed by atoms with Crippen molar-refractivity contribution >= 4 is 12.0 Å². The van der Waals surface area contributed by atoms with Crippen molar-refractivity contribution in [1.29, 1.82) is 0 Å². The van der Waals surface area contributed by atoms with E-state index in [4.69, 9.17) is 4.42 Å². The number of carbonyl (C=O) groups excluding carboxylic acids is 1. The summed E-state index contributed by atoms with van der Waals surface area (Å²) in [6, 6.07) is 8.96. The van der Waals surface area contributed by atoms with Gasteiger partial charge in [0.05, 0.1) is 6.26 Å². The summed E-state index contributed by atoms with van der Waals surface area (Å²) in [6.45, 7) is 3.71. The first-order valence-corrected chi connectivity index (χ1v) is 5.87. The van der Waals surface area contributed by atoms with Crippen molar-refractivity contribution in [3.8, 4) is 0 Å². The first kappa shape index (κ1) is 13.6. The third kappa shape index (κ3) is 3.84. The number of benzene rings is 1. The molecule has 20 heavy (non-hydrogen) atoms. The Morgan fingerprint density at radius 2 is 2.10 bits per heavy atom. The molecule has 1 aromatic carbocycles. The zero-order chi connectivity index (χ0) is 14.4. The van der Waals surface area contributed by atoms with Crippen LogP contribution in [0.3, 0.4) is 0 Å². The molecular formula is C15H13FN2O2. The van der Waals surface area contributed by atoms with Crippen molar-refractivity contribution in [2.24, 2.45) is 0 Å². The lowest BCUT2D eigenvalue weighted by atomic mass is 10.2. The second-order valence-electron chi connectivity index (χ2n) is 3.96. The summed E-state index contributed by atoms with van der Waals surface area (Å²) >= 11 is 0. The summed E-state index contributed by atoms with van der Waals surface area (Å²) in [5.74, 6) is -0.240. The zero-order valence-electron chi connectivity index (χ0n) is 10.6. The first-order chi connectivity index (χ1) is 9.65. The molecule has 102 valence electrons. The molecule has 2 rings (SSSR count). The summed E-state index contributed by atoms with van der Waals surface area (Å²) in [5, 5.41) is 0. The molecule has 2 N–H and O–H groups in total. The van der Waals surface area contributed by atoms with Crippen LogP contribution in [0.4, 0.5) is 4.39 Å². The van der Waals surface area contributed by atoms with E-state index in [1.54, 1.807) is 30.5 Å². The average molecular weight is 272 g/mol. The topological polar surface area (TPSA) is 54.3 Å². The zero-order valence-corrected chi connectivity index (χ0v) is 10.6. The summed E-state index contributed by atoms with van der Waals surface area (Å²) in [5.41, 5.74) is 5.72. The lowest BCUT2D eigenvalue weighted by Gasteiger charge is -2.08. The summed E-state index contributed by atoms with van der Waals surface area (Å²) in [6.07, 6.45) is 4.90. The van der Waals surface area contributed by atoms with Gasteiger partial charge in [-0.05, 0) is 42.5 Å². The molecular weight excluding hydrogens is 259 g/mol. The highest BCUT2D eigenvalue weighted by Gasteiger charge is 2.05. The lowest BCUT2D eigenvalue weighted by Crippen LogP contribution is -2.35. The smallest absolute Gasteiger partial charge is 0.269 e. The molecule has 1 aromatic heterocycles. The predicted octanol–water partition coefficient (Wildman–Crippen LogP) is 2.88. The monoisotopic (exact) mass is 272 g/mol. The maximum Gasteiger partial charge on any atom is 0.269 e. The molecule has 0 radical (unpaired) electrons. The molecule has 0 unspecified atom stereocenters. The number of carbonyl (C=O) groups is 1. The fraction of sp³-hybridized carbons (Fsp3) is 0. The normalized spacial score (nSPS) is 10.4. The van der Waals surface area contributed by atoms with Gasteiger partial charge in [-0.2, -0.15) is 0 Å². The third-order valence-electron chi connectivity index (χ3n) is 2.42. The van der Waals surface area contributed by atoms with E-state index in [1.165, 1.54) is 18.2 Å². The van der Waals surface area contributed by atoms with Crippen LogP contribution in [0.25, 0.3) is 6.08 Å². The van der Waals surface area contributed by atoms with Crippen LogP contribution in [-0.2, 0) is 0 Å². The predicted molar refractivity (Wildman–Crippen MR) is 73.9 cm³/mol. The van der Waals surface area contributed by atoms with Gasteiger partial charge in [-0.15, -0.1) is 0 Å². The summed E-state index contributed by atoms with van der Waals surface area (Å²) in [4.78, 5) is 11.7. The van der Waals surface area contributed by atoms with E-state index in [1.807, 2.05) is 0 Å². The molecule has 0 saturated carbocycles. The molecule has 1 amide bonds. The Morgan fingerprint density at radius 1 is 1.25 bits per heavy atom. The van der Waals surface area contributed by atoms with Crippen LogP contribution in [0, 0.1) is 5.82 Å². The largest absolute Gasteiger partial charge is 0.465 e. The Bertz CT molecular complexity index is 633. The van der Waals surface area contributed by atoms with Crippen LogP contribution in [-0.4, -0.2) is 5.91 Å². The molecule has 0 saturated heterocycles. The minimum atomic E-state index is -0.464. The van der Waals surface area contributed by atoms with Crippen molar-refractivity contribution in [3.63, 3.8) is 0 Å². The fourth-order valence-corrected chi connectivity index (χ4v) is 1.45. The van der Waals surface area contributed by atoms with Crippen LogP contribution in [0.5, 0.6) is 0 Å². The molecule has 0 aliphatic heterocycles. The first-order valence-electron chi connectivity index (χ1n) is 5.87. The maximum absolute atomic E-state index is 13.0. The van der Waals surface area contributed by atoms with Crippen LogP contribution < -0.4 is 10.9 Å². The van der Waals surface area contributed by atoms with Gasteiger partial charge < -0.3 is 4.42 Å². The third-order valence-corrected chi connectivity index (χ3v) is 2.42. The van der Waals surface area contributed by atoms with E-state index in [9.17, 15) is 9.18 Å². The Balaban J connectivity index is 1.86. The number of hydrogen-bond donors (Lipinski definition) is 2. The van der Waals surface area contributed by atoms with Crippen molar-refractivity contribution in [2.45, 2.75) is 0 Å².